The molecule has 0 amide bonds. The van der Waals surface area contributed by atoms with Crippen molar-refractivity contribution in [3.63, 3.8) is 0 Å². The zero-order valence-electron chi connectivity index (χ0n) is 15.4. The van der Waals surface area contributed by atoms with Gasteiger partial charge in [-0.25, -0.2) is 4.39 Å². The van der Waals surface area contributed by atoms with E-state index in [9.17, 15) is 4.39 Å². The molecule has 0 spiro atoms. The van der Waals surface area contributed by atoms with E-state index in [0.717, 1.165) is 38.3 Å². The number of benzene rings is 2. The summed E-state index contributed by atoms with van der Waals surface area (Å²) in [5.74, 6) is 0.642. The SMILES string of the molecule is CCN1CCN([C@H](c2nnc(-c3ccccc3)o2)c2ccccc2F)CC1. The molecular weight excluding hydrogens is 343 g/mol. The molecule has 2 aromatic carbocycles. The maximum atomic E-state index is 14.6. The van der Waals surface area contributed by atoms with Crippen molar-refractivity contribution in [2.45, 2.75) is 13.0 Å². The van der Waals surface area contributed by atoms with Gasteiger partial charge in [0.25, 0.3) is 0 Å². The monoisotopic (exact) mass is 366 g/mol. The quantitative estimate of drug-likeness (QED) is 0.690. The maximum absolute atomic E-state index is 14.6. The molecular formula is C21H23FN4O. The van der Waals surface area contributed by atoms with Crippen LogP contribution >= 0.6 is 0 Å². The van der Waals surface area contributed by atoms with E-state index in [4.69, 9.17) is 4.42 Å². The minimum Gasteiger partial charge on any atom is -0.419 e. The van der Waals surface area contributed by atoms with E-state index in [1.54, 1.807) is 12.1 Å². The fourth-order valence-corrected chi connectivity index (χ4v) is 3.56. The van der Waals surface area contributed by atoms with Crippen molar-refractivity contribution < 1.29 is 8.81 Å². The molecule has 3 aromatic rings. The Balaban J connectivity index is 1.69. The molecule has 0 radical (unpaired) electrons. The number of aromatic nitrogens is 2. The summed E-state index contributed by atoms with van der Waals surface area (Å²) in [6.45, 7) is 6.74. The topological polar surface area (TPSA) is 45.4 Å². The van der Waals surface area contributed by atoms with Crippen LogP contribution < -0.4 is 0 Å². The first-order chi connectivity index (χ1) is 13.3. The van der Waals surface area contributed by atoms with Crippen LogP contribution in [-0.2, 0) is 0 Å². The van der Waals surface area contributed by atoms with Crippen molar-refractivity contribution in [2.24, 2.45) is 0 Å². The lowest BCUT2D eigenvalue weighted by Gasteiger charge is -2.37. The van der Waals surface area contributed by atoms with Gasteiger partial charge in [0.2, 0.25) is 11.8 Å². The van der Waals surface area contributed by atoms with Crippen LogP contribution in [-0.4, -0.2) is 52.7 Å². The third-order valence-corrected chi connectivity index (χ3v) is 5.11. The van der Waals surface area contributed by atoms with E-state index in [-0.39, 0.29) is 11.9 Å². The number of piperazine rings is 1. The minimum absolute atomic E-state index is 0.250. The Labute approximate surface area is 158 Å². The van der Waals surface area contributed by atoms with Crippen LogP contribution in [0.5, 0.6) is 0 Å². The Hall–Kier alpha value is -2.57. The average molecular weight is 366 g/mol. The van der Waals surface area contributed by atoms with E-state index in [1.165, 1.54) is 6.07 Å². The van der Waals surface area contributed by atoms with Crippen LogP contribution in [0.4, 0.5) is 4.39 Å². The lowest BCUT2D eigenvalue weighted by atomic mass is 10.0. The first-order valence-corrected chi connectivity index (χ1v) is 9.36. The van der Waals surface area contributed by atoms with Gasteiger partial charge in [-0.3, -0.25) is 4.90 Å². The third kappa shape index (κ3) is 3.77. The molecule has 1 atom stereocenters. The van der Waals surface area contributed by atoms with Crippen LogP contribution in [0.3, 0.4) is 0 Å². The van der Waals surface area contributed by atoms with Crippen LogP contribution in [0, 0.1) is 5.82 Å². The van der Waals surface area contributed by atoms with Crippen molar-refractivity contribution in [3.8, 4) is 11.5 Å². The molecule has 5 nitrogen and oxygen atoms in total. The summed E-state index contributed by atoms with van der Waals surface area (Å²) in [6.07, 6.45) is 0. The van der Waals surface area contributed by atoms with Gasteiger partial charge in [0.15, 0.2) is 0 Å². The molecule has 1 aliphatic heterocycles. The highest BCUT2D eigenvalue weighted by atomic mass is 19.1. The zero-order valence-corrected chi connectivity index (χ0v) is 15.4. The summed E-state index contributed by atoms with van der Waals surface area (Å²) in [7, 11) is 0. The fourth-order valence-electron chi connectivity index (χ4n) is 3.56. The molecule has 6 heteroatoms. The maximum Gasteiger partial charge on any atom is 0.247 e. The highest BCUT2D eigenvalue weighted by molar-refractivity contribution is 5.51. The number of likely N-dealkylation sites (N-methyl/N-ethyl adjacent to an activating group) is 1. The van der Waals surface area contributed by atoms with E-state index in [2.05, 4.69) is 26.9 Å². The smallest absolute Gasteiger partial charge is 0.247 e. The van der Waals surface area contributed by atoms with Gasteiger partial charge in [-0.2, -0.15) is 0 Å². The largest absolute Gasteiger partial charge is 0.419 e. The predicted octanol–water partition coefficient (Wildman–Crippen LogP) is 3.60. The molecule has 2 heterocycles. The summed E-state index contributed by atoms with van der Waals surface area (Å²) >= 11 is 0. The van der Waals surface area contributed by atoms with Crippen molar-refractivity contribution >= 4 is 0 Å². The van der Waals surface area contributed by atoms with Crippen LogP contribution in [0.15, 0.2) is 59.0 Å². The number of rotatable bonds is 5. The average Bonchev–Trinajstić information content (AvgIpc) is 3.21. The summed E-state index contributed by atoms with van der Waals surface area (Å²) in [4.78, 5) is 4.62. The summed E-state index contributed by atoms with van der Waals surface area (Å²) in [5.41, 5.74) is 1.44. The van der Waals surface area contributed by atoms with Gasteiger partial charge < -0.3 is 9.32 Å². The molecule has 1 fully saturated rings. The zero-order chi connectivity index (χ0) is 18.6. The number of nitrogens with zero attached hydrogens (tertiary/aromatic N) is 4. The van der Waals surface area contributed by atoms with Gasteiger partial charge in [0.05, 0.1) is 0 Å². The minimum atomic E-state index is -0.379. The Bertz CT molecular complexity index is 875. The summed E-state index contributed by atoms with van der Waals surface area (Å²) in [5, 5.41) is 8.50. The molecule has 27 heavy (non-hydrogen) atoms. The van der Waals surface area contributed by atoms with Crippen LogP contribution in [0.1, 0.15) is 24.4 Å². The first kappa shape index (κ1) is 17.8. The molecule has 1 aliphatic rings. The molecule has 0 unspecified atom stereocenters. The second-order valence-electron chi connectivity index (χ2n) is 6.71. The number of halogens is 1. The Morgan fingerprint density at radius 2 is 1.67 bits per heavy atom. The third-order valence-electron chi connectivity index (χ3n) is 5.11. The number of hydrogen-bond donors (Lipinski definition) is 0. The van der Waals surface area contributed by atoms with Gasteiger partial charge in [0.1, 0.15) is 11.9 Å². The van der Waals surface area contributed by atoms with Gasteiger partial charge >= 0.3 is 0 Å². The first-order valence-electron chi connectivity index (χ1n) is 9.36. The Morgan fingerprint density at radius 1 is 0.963 bits per heavy atom. The Morgan fingerprint density at radius 3 is 2.37 bits per heavy atom. The highest BCUT2D eigenvalue weighted by Crippen LogP contribution is 2.32. The molecule has 4 rings (SSSR count). The Kier molecular flexibility index (Phi) is 5.27. The van der Waals surface area contributed by atoms with Gasteiger partial charge in [-0.05, 0) is 24.7 Å². The second-order valence-corrected chi connectivity index (χ2v) is 6.71. The van der Waals surface area contributed by atoms with Gasteiger partial charge in [-0.1, -0.05) is 43.3 Å². The highest BCUT2D eigenvalue weighted by Gasteiger charge is 2.32. The van der Waals surface area contributed by atoms with Crippen LogP contribution in [0.2, 0.25) is 0 Å². The van der Waals surface area contributed by atoms with Crippen molar-refractivity contribution in [2.75, 3.05) is 32.7 Å². The van der Waals surface area contributed by atoms with Gasteiger partial charge in [-0.15, -0.1) is 10.2 Å². The molecule has 140 valence electrons. The lowest BCUT2D eigenvalue weighted by Crippen LogP contribution is -2.47. The van der Waals surface area contributed by atoms with E-state index in [0.29, 0.717) is 17.3 Å². The van der Waals surface area contributed by atoms with E-state index < -0.39 is 0 Å². The van der Waals surface area contributed by atoms with Crippen molar-refractivity contribution in [1.82, 2.24) is 20.0 Å². The second kappa shape index (κ2) is 7.98. The molecule has 1 saturated heterocycles. The number of hydrogen-bond acceptors (Lipinski definition) is 5. The lowest BCUT2D eigenvalue weighted by molar-refractivity contribution is 0.101. The molecule has 0 aliphatic carbocycles. The predicted molar refractivity (Wildman–Crippen MR) is 102 cm³/mol. The molecule has 1 aromatic heterocycles. The van der Waals surface area contributed by atoms with E-state index >= 15 is 0 Å². The molecule has 0 bridgehead atoms. The fraction of sp³-hybridized carbons (Fsp3) is 0.333. The molecule has 0 N–H and O–H groups in total. The standard InChI is InChI=1S/C21H23FN4O/c1-2-25-12-14-26(15-13-25)19(17-10-6-7-11-18(17)22)21-24-23-20(27-21)16-8-4-3-5-9-16/h3-11,19H,2,12-15H2,1H3/t19-/m0/s1. The van der Waals surface area contributed by atoms with Crippen LogP contribution in [0.25, 0.3) is 11.5 Å². The summed E-state index contributed by atoms with van der Waals surface area (Å²) < 4.78 is 20.6. The molecule has 0 saturated carbocycles. The van der Waals surface area contributed by atoms with Gasteiger partial charge in [0, 0.05) is 37.3 Å². The summed E-state index contributed by atoms with van der Waals surface area (Å²) in [6, 6.07) is 16.1. The van der Waals surface area contributed by atoms with E-state index in [1.807, 2.05) is 36.4 Å². The normalized spacial score (nSPS) is 17.1. The van der Waals surface area contributed by atoms with Crippen molar-refractivity contribution in [3.05, 3.63) is 71.9 Å². The van der Waals surface area contributed by atoms with Crippen molar-refractivity contribution in [1.29, 1.82) is 0 Å².